The summed E-state index contributed by atoms with van der Waals surface area (Å²) in [5, 5.41) is 10.6. The highest BCUT2D eigenvalue weighted by Gasteiger charge is 2.30. The van der Waals surface area contributed by atoms with Crippen molar-refractivity contribution in [2.45, 2.75) is 393 Å². The summed E-state index contributed by atoms with van der Waals surface area (Å²) in [5.74, 6) is -2.21. The van der Waals surface area contributed by atoms with Crippen molar-refractivity contribution >= 4 is 39.5 Å². The first-order chi connectivity index (χ1) is 48.7. The van der Waals surface area contributed by atoms with Crippen LogP contribution in [0.3, 0.4) is 0 Å². The van der Waals surface area contributed by atoms with E-state index in [0.717, 1.165) is 109 Å². The zero-order valence-corrected chi connectivity index (χ0v) is 65.7. The molecule has 0 fully saturated rings. The molecule has 0 aliphatic rings. The van der Waals surface area contributed by atoms with Gasteiger partial charge in [-0.25, -0.2) is 9.13 Å². The number of hydrogen-bond acceptors (Lipinski definition) is 15. The summed E-state index contributed by atoms with van der Waals surface area (Å²) in [6.07, 6.45) is 73.4. The summed E-state index contributed by atoms with van der Waals surface area (Å²) in [6, 6.07) is 0. The van der Waals surface area contributed by atoms with E-state index in [-0.39, 0.29) is 25.7 Å². The molecular weight excluding hydrogens is 1310 g/mol. The van der Waals surface area contributed by atoms with Crippen molar-refractivity contribution in [3.8, 4) is 0 Å². The Kier molecular flexibility index (Phi) is 71.6. The first kappa shape index (κ1) is 96.8. The van der Waals surface area contributed by atoms with Crippen molar-refractivity contribution in [1.82, 2.24) is 0 Å². The molecule has 17 nitrogen and oxygen atoms in total. The number of rotatable bonds is 77. The number of hydrogen-bond donors (Lipinski definition) is 3. The molecule has 5 atom stereocenters. The Morgan fingerprint density at radius 3 is 0.820 bits per heavy atom. The largest absolute Gasteiger partial charge is 0.472 e. The number of phosphoric ester groups is 2. The standard InChI is InChI=1S/C81H148O17P2/c1-5-9-13-17-21-25-29-33-36-37-40-42-46-50-54-58-62-66-79(84)92-72-77(98-81(86)68-64-60-56-52-48-44-39-35-31-27-23-19-15-11-7-3)74-96-100(89,90)94-70-75(82)69-93-99(87,88)95-73-76(71-91-78(83)65-61-57-53-49-45-41-32-28-24-20-16-12-8-4)97-80(85)67-63-59-55-51-47-43-38-34-30-26-22-18-14-10-6-2/h21,25,33,35-36,39-40,42,50,54,75-77,82H,5-20,22-24,26-32,34,37-38,41,43-49,51-53,55-74H2,1-4H3,(H,87,88)(H,89,90)/b25-21-,36-33-,39-35-,42-40-,54-50-/t75-,76+,77+/m0/s1. The van der Waals surface area contributed by atoms with Gasteiger partial charge in [0.05, 0.1) is 26.4 Å². The predicted octanol–water partition coefficient (Wildman–Crippen LogP) is 23.5. The number of carbonyl (C=O) groups is 4. The SMILES string of the molecule is CCCCC/C=C\C/C=C\C/C=C\C/C=C\CCCC(=O)OC[C@H](COP(=O)(O)OC[C@@H](O)COP(=O)(O)OC[C@@H](COC(=O)CCCCCCCCCCCCCCC)OC(=O)CCCCCCCCCCCCCCCCC)OC(=O)CCCCCCC/C=C\CCCCCCCC. The van der Waals surface area contributed by atoms with Gasteiger partial charge in [0.2, 0.25) is 0 Å². The van der Waals surface area contributed by atoms with Crippen LogP contribution >= 0.6 is 15.6 Å². The van der Waals surface area contributed by atoms with Gasteiger partial charge in [-0.1, -0.05) is 320 Å². The Hall–Kier alpha value is -3.24. The lowest BCUT2D eigenvalue weighted by atomic mass is 10.0. The van der Waals surface area contributed by atoms with Crippen molar-refractivity contribution in [2.75, 3.05) is 39.6 Å². The number of phosphoric acid groups is 2. The number of unbranched alkanes of at least 4 members (excludes halogenated alkanes) is 41. The summed E-state index contributed by atoms with van der Waals surface area (Å²) in [7, 11) is -9.95. The van der Waals surface area contributed by atoms with Crippen LogP contribution < -0.4 is 0 Å². The second-order valence-electron chi connectivity index (χ2n) is 27.4. The maximum atomic E-state index is 13.1. The first-order valence-corrected chi connectivity index (χ1v) is 43.5. The van der Waals surface area contributed by atoms with Crippen molar-refractivity contribution in [1.29, 1.82) is 0 Å². The summed E-state index contributed by atoms with van der Waals surface area (Å²) < 4.78 is 68.6. The van der Waals surface area contributed by atoms with Gasteiger partial charge in [-0.15, -0.1) is 0 Å². The molecule has 0 aromatic rings. The van der Waals surface area contributed by atoms with Crippen LogP contribution in [0.5, 0.6) is 0 Å². The minimum atomic E-state index is -4.98. The maximum Gasteiger partial charge on any atom is 0.472 e. The van der Waals surface area contributed by atoms with Crippen LogP contribution in [0.4, 0.5) is 0 Å². The van der Waals surface area contributed by atoms with Gasteiger partial charge in [0, 0.05) is 25.7 Å². The van der Waals surface area contributed by atoms with Crippen LogP contribution in [0.1, 0.15) is 374 Å². The molecule has 3 N–H and O–H groups in total. The highest BCUT2D eigenvalue weighted by atomic mass is 31.2. The topological polar surface area (TPSA) is 237 Å². The van der Waals surface area contributed by atoms with Crippen molar-refractivity contribution in [2.24, 2.45) is 0 Å². The summed E-state index contributed by atoms with van der Waals surface area (Å²) in [5.41, 5.74) is 0. The molecule has 0 radical (unpaired) electrons. The second kappa shape index (κ2) is 74.0. The van der Waals surface area contributed by atoms with Crippen LogP contribution in [0, 0.1) is 0 Å². The van der Waals surface area contributed by atoms with Gasteiger partial charge in [-0.3, -0.25) is 37.3 Å². The molecule has 0 aliphatic carbocycles. The Morgan fingerprint density at radius 2 is 0.500 bits per heavy atom. The minimum absolute atomic E-state index is 0.0774. The van der Waals surface area contributed by atoms with E-state index in [4.69, 9.17) is 37.0 Å². The molecule has 0 bridgehead atoms. The smallest absolute Gasteiger partial charge is 0.462 e. The molecule has 584 valence electrons. The van der Waals surface area contributed by atoms with Crippen LogP contribution in [0.25, 0.3) is 0 Å². The van der Waals surface area contributed by atoms with Gasteiger partial charge in [-0.05, 0) is 89.9 Å². The third-order valence-corrected chi connectivity index (χ3v) is 19.4. The van der Waals surface area contributed by atoms with E-state index >= 15 is 0 Å². The molecule has 2 unspecified atom stereocenters. The number of aliphatic hydroxyl groups is 1. The molecule has 0 aromatic carbocycles. The zero-order valence-electron chi connectivity index (χ0n) is 63.9. The Balaban J connectivity index is 5.37. The van der Waals surface area contributed by atoms with Crippen LogP contribution in [-0.4, -0.2) is 96.7 Å². The monoisotopic (exact) mass is 1460 g/mol. The van der Waals surface area contributed by atoms with Crippen molar-refractivity contribution < 1.29 is 80.2 Å². The molecule has 0 heterocycles. The van der Waals surface area contributed by atoms with Gasteiger partial charge in [0.1, 0.15) is 19.3 Å². The minimum Gasteiger partial charge on any atom is -0.462 e. The molecule has 0 spiro atoms. The van der Waals surface area contributed by atoms with Gasteiger partial charge in [0.15, 0.2) is 12.2 Å². The summed E-state index contributed by atoms with van der Waals surface area (Å²) in [4.78, 5) is 73.0. The third-order valence-electron chi connectivity index (χ3n) is 17.5. The van der Waals surface area contributed by atoms with Gasteiger partial charge in [0.25, 0.3) is 0 Å². The van der Waals surface area contributed by atoms with E-state index < -0.39 is 97.5 Å². The molecule has 0 amide bonds. The summed E-state index contributed by atoms with van der Waals surface area (Å²) in [6.45, 7) is 4.85. The quantitative estimate of drug-likeness (QED) is 0.0169. The lowest BCUT2D eigenvalue weighted by molar-refractivity contribution is -0.161. The summed E-state index contributed by atoms with van der Waals surface area (Å²) >= 11 is 0. The number of aliphatic hydroxyl groups excluding tert-OH is 1. The second-order valence-corrected chi connectivity index (χ2v) is 30.3. The number of carbonyl (C=O) groups excluding carboxylic acids is 4. The average molecular weight is 1460 g/mol. The lowest BCUT2D eigenvalue weighted by Crippen LogP contribution is -2.30. The Bertz CT molecular complexity index is 2130. The molecule has 0 saturated carbocycles. The fraction of sp³-hybridized carbons (Fsp3) is 0.827. The first-order valence-electron chi connectivity index (χ1n) is 40.5. The predicted molar refractivity (Wildman–Crippen MR) is 409 cm³/mol. The highest BCUT2D eigenvalue weighted by Crippen LogP contribution is 2.45. The van der Waals surface area contributed by atoms with E-state index in [1.165, 1.54) is 180 Å². The van der Waals surface area contributed by atoms with Gasteiger partial charge in [-0.2, -0.15) is 0 Å². The highest BCUT2D eigenvalue weighted by molar-refractivity contribution is 7.47. The number of ether oxygens (including phenoxy) is 4. The van der Waals surface area contributed by atoms with Crippen molar-refractivity contribution in [3.63, 3.8) is 0 Å². The Labute approximate surface area is 610 Å². The molecular formula is C81H148O17P2. The molecule has 0 aromatic heterocycles. The normalized spacial score (nSPS) is 14.2. The molecule has 100 heavy (non-hydrogen) atoms. The zero-order chi connectivity index (χ0) is 73.2. The fourth-order valence-electron chi connectivity index (χ4n) is 11.3. The van der Waals surface area contributed by atoms with Gasteiger partial charge >= 0.3 is 39.5 Å². The van der Waals surface area contributed by atoms with Crippen molar-refractivity contribution in [3.05, 3.63) is 60.8 Å². The van der Waals surface area contributed by atoms with E-state index in [1.807, 2.05) is 12.2 Å². The number of allylic oxidation sites excluding steroid dienone is 10. The maximum absolute atomic E-state index is 13.1. The third kappa shape index (κ3) is 73.1. The van der Waals surface area contributed by atoms with E-state index in [9.17, 15) is 43.2 Å². The van der Waals surface area contributed by atoms with E-state index in [2.05, 4.69) is 76.3 Å². The van der Waals surface area contributed by atoms with Crippen LogP contribution in [-0.2, 0) is 65.4 Å². The van der Waals surface area contributed by atoms with Crippen LogP contribution in [0.15, 0.2) is 60.8 Å². The Morgan fingerprint density at radius 1 is 0.280 bits per heavy atom. The lowest BCUT2D eigenvalue weighted by Gasteiger charge is -2.21. The van der Waals surface area contributed by atoms with Gasteiger partial charge < -0.3 is 33.8 Å². The van der Waals surface area contributed by atoms with Crippen LogP contribution in [0.2, 0.25) is 0 Å². The van der Waals surface area contributed by atoms with E-state index in [1.54, 1.807) is 0 Å². The molecule has 0 saturated heterocycles. The molecule has 19 heteroatoms. The average Bonchev–Trinajstić information content (AvgIpc) is 0.945. The molecule has 0 aliphatic heterocycles. The number of esters is 4. The van der Waals surface area contributed by atoms with E-state index in [0.29, 0.717) is 32.1 Å². The molecule has 0 rings (SSSR count). The fourth-order valence-corrected chi connectivity index (χ4v) is 12.8.